The molecule has 0 radical (unpaired) electrons. The van der Waals surface area contributed by atoms with E-state index in [1.54, 1.807) is 33.9 Å². The van der Waals surface area contributed by atoms with Crippen LogP contribution in [0, 0.1) is 0 Å². The second kappa shape index (κ2) is 5.65. The van der Waals surface area contributed by atoms with Crippen LogP contribution in [0.1, 0.15) is 20.8 Å². The van der Waals surface area contributed by atoms with Gasteiger partial charge in [-0.15, -0.1) is 6.58 Å². The third-order valence-corrected chi connectivity index (χ3v) is 2.79. The SMILES string of the molecule is C=CCNC(=O)C(C)N(C)C(C)(C)C(=O)O. The van der Waals surface area contributed by atoms with Gasteiger partial charge in [-0.2, -0.15) is 0 Å². The van der Waals surface area contributed by atoms with E-state index in [9.17, 15) is 9.59 Å². The molecule has 0 bridgehead atoms. The Bertz CT molecular complexity index is 287. The topological polar surface area (TPSA) is 69.6 Å². The van der Waals surface area contributed by atoms with Crippen molar-refractivity contribution in [1.29, 1.82) is 0 Å². The lowest BCUT2D eigenvalue weighted by atomic mass is 10.0. The van der Waals surface area contributed by atoms with Gasteiger partial charge in [0.2, 0.25) is 5.91 Å². The summed E-state index contributed by atoms with van der Waals surface area (Å²) >= 11 is 0. The first kappa shape index (κ1) is 14.6. The van der Waals surface area contributed by atoms with Crippen LogP contribution in [-0.4, -0.2) is 47.1 Å². The van der Waals surface area contributed by atoms with Crippen LogP contribution in [0.4, 0.5) is 0 Å². The molecule has 92 valence electrons. The molecule has 0 aliphatic rings. The van der Waals surface area contributed by atoms with Gasteiger partial charge in [0.15, 0.2) is 0 Å². The summed E-state index contributed by atoms with van der Waals surface area (Å²) in [6.45, 7) is 8.66. The second-order valence-electron chi connectivity index (χ2n) is 4.18. The van der Waals surface area contributed by atoms with Crippen molar-refractivity contribution >= 4 is 11.9 Å². The van der Waals surface area contributed by atoms with Gasteiger partial charge in [0.05, 0.1) is 6.04 Å². The van der Waals surface area contributed by atoms with Crippen LogP contribution in [0.5, 0.6) is 0 Å². The Morgan fingerprint density at radius 2 is 2.06 bits per heavy atom. The molecule has 0 aliphatic heterocycles. The number of amides is 1. The highest BCUT2D eigenvalue weighted by atomic mass is 16.4. The predicted molar refractivity (Wildman–Crippen MR) is 62.1 cm³/mol. The molecule has 2 N–H and O–H groups in total. The van der Waals surface area contributed by atoms with Crippen LogP contribution in [0.15, 0.2) is 12.7 Å². The highest BCUT2D eigenvalue weighted by Gasteiger charge is 2.36. The van der Waals surface area contributed by atoms with Gasteiger partial charge < -0.3 is 10.4 Å². The number of hydrogen-bond acceptors (Lipinski definition) is 3. The van der Waals surface area contributed by atoms with Crippen molar-refractivity contribution in [2.24, 2.45) is 0 Å². The quantitative estimate of drug-likeness (QED) is 0.648. The molecule has 1 atom stereocenters. The number of nitrogens with zero attached hydrogens (tertiary/aromatic N) is 1. The number of carbonyl (C=O) groups is 2. The van der Waals surface area contributed by atoms with Crippen LogP contribution >= 0.6 is 0 Å². The number of likely N-dealkylation sites (N-methyl/N-ethyl adjacent to an activating group) is 1. The number of nitrogens with one attached hydrogen (secondary N) is 1. The van der Waals surface area contributed by atoms with Gasteiger partial charge in [-0.1, -0.05) is 6.08 Å². The summed E-state index contributed by atoms with van der Waals surface area (Å²) < 4.78 is 0. The maximum atomic E-state index is 11.6. The van der Waals surface area contributed by atoms with E-state index >= 15 is 0 Å². The fourth-order valence-corrected chi connectivity index (χ4v) is 1.13. The second-order valence-corrected chi connectivity index (χ2v) is 4.18. The van der Waals surface area contributed by atoms with E-state index in [2.05, 4.69) is 11.9 Å². The maximum absolute atomic E-state index is 11.6. The molecule has 0 aromatic rings. The molecule has 5 nitrogen and oxygen atoms in total. The standard InChI is InChI=1S/C11H20N2O3/c1-6-7-12-9(14)8(2)13(5)11(3,4)10(15)16/h6,8H,1,7H2,2-5H3,(H,12,14)(H,15,16). The minimum atomic E-state index is -1.08. The van der Waals surface area contributed by atoms with Gasteiger partial charge in [-0.05, 0) is 27.8 Å². The van der Waals surface area contributed by atoms with E-state index < -0.39 is 17.6 Å². The molecule has 0 aromatic heterocycles. The molecule has 16 heavy (non-hydrogen) atoms. The van der Waals surface area contributed by atoms with Crippen LogP contribution in [-0.2, 0) is 9.59 Å². The summed E-state index contributed by atoms with van der Waals surface area (Å²) in [5.74, 6) is -1.17. The first-order chi connectivity index (χ1) is 7.25. The number of carbonyl (C=O) groups excluding carboxylic acids is 1. The molecule has 0 aromatic carbocycles. The van der Waals surface area contributed by atoms with E-state index in [1.807, 2.05) is 0 Å². The molecule has 0 fully saturated rings. The molecule has 0 aliphatic carbocycles. The third kappa shape index (κ3) is 3.34. The molecule has 1 unspecified atom stereocenters. The Hall–Kier alpha value is -1.36. The average Bonchev–Trinajstić information content (AvgIpc) is 2.23. The Morgan fingerprint density at radius 3 is 2.44 bits per heavy atom. The molecule has 0 saturated heterocycles. The molecule has 0 rings (SSSR count). The molecule has 0 saturated carbocycles. The predicted octanol–water partition coefficient (Wildman–Crippen LogP) is 0.472. The van der Waals surface area contributed by atoms with E-state index in [-0.39, 0.29) is 5.91 Å². The van der Waals surface area contributed by atoms with E-state index in [4.69, 9.17) is 5.11 Å². The van der Waals surface area contributed by atoms with Gasteiger partial charge in [0, 0.05) is 6.54 Å². The highest BCUT2D eigenvalue weighted by Crippen LogP contribution is 2.15. The van der Waals surface area contributed by atoms with Gasteiger partial charge in [0.25, 0.3) is 0 Å². The van der Waals surface area contributed by atoms with Crippen LogP contribution in [0.3, 0.4) is 0 Å². The van der Waals surface area contributed by atoms with Gasteiger partial charge in [-0.25, -0.2) is 0 Å². The fraction of sp³-hybridized carbons (Fsp3) is 0.636. The van der Waals surface area contributed by atoms with Crippen molar-refractivity contribution in [1.82, 2.24) is 10.2 Å². The van der Waals surface area contributed by atoms with Gasteiger partial charge >= 0.3 is 5.97 Å². The van der Waals surface area contributed by atoms with E-state index in [1.165, 1.54) is 4.90 Å². The van der Waals surface area contributed by atoms with Crippen molar-refractivity contribution in [3.8, 4) is 0 Å². The summed E-state index contributed by atoms with van der Waals surface area (Å²) in [7, 11) is 1.62. The maximum Gasteiger partial charge on any atom is 0.323 e. The van der Waals surface area contributed by atoms with Crippen molar-refractivity contribution < 1.29 is 14.7 Å². The van der Waals surface area contributed by atoms with Gasteiger partial charge in [0.1, 0.15) is 5.54 Å². The number of carboxylic acid groups (broad SMARTS) is 1. The van der Waals surface area contributed by atoms with Crippen LogP contribution < -0.4 is 5.32 Å². The van der Waals surface area contributed by atoms with Crippen molar-refractivity contribution in [2.75, 3.05) is 13.6 Å². The molecular weight excluding hydrogens is 208 g/mol. The Morgan fingerprint density at radius 1 is 1.56 bits per heavy atom. The van der Waals surface area contributed by atoms with Crippen LogP contribution in [0.25, 0.3) is 0 Å². The zero-order chi connectivity index (χ0) is 12.9. The highest BCUT2D eigenvalue weighted by molar-refractivity contribution is 5.83. The summed E-state index contributed by atoms with van der Waals surface area (Å²) in [5, 5.41) is 11.7. The lowest BCUT2D eigenvalue weighted by Gasteiger charge is -2.35. The number of carboxylic acids is 1. The van der Waals surface area contributed by atoms with E-state index in [0.717, 1.165) is 0 Å². The molecule has 1 amide bonds. The Balaban J connectivity index is 4.60. The Kier molecular flexibility index (Phi) is 5.17. The smallest absolute Gasteiger partial charge is 0.323 e. The van der Waals surface area contributed by atoms with Crippen molar-refractivity contribution in [3.05, 3.63) is 12.7 Å². The Labute approximate surface area is 96.1 Å². The molecule has 0 spiro atoms. The largest absolute Gasteiger partial charge is 0.480 e. The minimum Gasteiger partial charge on any atom is -0.480 e. The third-order valence-electron chi connectivity index (χ3n) is 2.79. The molecule has 5 heteroatoms. The average molecular weight is 228 g/mol. The lowest BCUT2D eigenvalue weighted by Crippen LogP contribution is -2.56. The summed E-state index contributed by atoms with van der Waals surface area (Å²) in [6.07, 6.45) is 1.58. The first-order valence-electron chi connectivity index (χ1n) is 5.10. The molecule has 0 heterocycles. The van der Waals surface area contributed by atoms with Crippen molar-refractivity contribution in [2.45, 2.75) is 32.4 Å². The normalized spacial score (nSPS) is 13.3. The number of hydrogen-bond donors (Lipinski definition) is 2. The monoisotopic (exact) mass is 228 g/mol. The minimum absolute atomic E-state index is 0.211. The van der Waals surface area contributed by atoms with E-state index in [0.29, 0.717) is 6.54 Å². The summed E-state index contributed by atoms with van der Waals surface area (Å²) in [6, 6.07) is -0.508. The van der Waals surface area contributed by atoms with Gasteiger partial charge in [-0.3, -0.25) is 14.5 Å². The number of aliphatic carboxylic acids is 1. The number of rotatable bonds is 6. The fourth-order valence-electron chi connectivity index (χ4n) is 1.13. The lowest BCUT2D eigenvalue weighted by molar-refractivity contribution is -0.151. The zero-order valence-corrected chi connectivity index (χ0v) is 10.3. The molecular formula is C11H20N2O3. The summed E-state index contributed by atoms with van der Waals surface area (Å²) in [4.78, 5) is 24.2. The zero-order valence-electron chi connectivity index (χ0n) is 10.3. The van der Waals surface area contributed by atoms with Crippen LogP contribution in [0.2, 0.25) is 0 Å². The summed E-state index contributed by atoms with van der Waals surface area (Å²) in [5.41, 5.74) is -1.08. The van der Waals surface area contributed by atoms with Crippen molar-refractivity contribution in [3.63, 3.8) is 0 Å². The first-order valence-corrected chi connectivity index (χ1v) is 5.10.